The minimum absolute atomic E-state index is 1.08. The van der Waals surface area contributed by atoms with Gasteiger partial charge in [0.1, 0.15) is 0 Å². The number of benzene rings is 1. The molecule has 0 radical (unpaired) electrons. The fourth-order valence-corrected chi connectivity index (χ4v) is 3.40. The van der Waals surface area contributed by atoms with Crippen molar-refractivity contribution >= 4 is 26.8 Å². The SMILES string of the molecule is Cn1cc(CN2CCCC2)c2c(Br)cccc21. The molecule has 1 aromatic heterocycles. The largest absolute Gasteiger partial charge is 0.350 e. The van der Waals surface area contributed by atoms with Gasteiger partial charge in [-0.25, -0.2) is 0 Å². The highest BCUT2D eigenvalue weighted by atomic mass is 79.9. The minimum atomic E-state index is 1.08. The molecule has 0 atom stereocenters. The summed E-state index contributed by atoms with van der Waals surface area (Å²) in [5.74, 6) is 0. The van der Waals surface area contributed by atoms with Crippen molar-refractivity contribution in [2.24, 2.45) is 7.05 Å². The summed E-state index contributed by atoms with van der Waals surface area (Å²) in [6.07, 6.45) is 4.98. The van der Waals surface area contributed by atoms with Gasteiger partial charge in [0, 0.05) is 35.2 Å². The lowest BCUT2D eigenvalue weighted by molar-refractivity contribution is 0.332. The Labute approximate surface area is 110 Å². The maximum atomic E-state index is 3.68. The van der Waals surface area contributed by atoms with Gasteiger partial charge in [-0.05, 0) is 43.6 Å². The quantitative estimate of drug-likeness (QED) is 0.822. The van der Waals surface area contributed by atoms with E-state index in [1.165, 1.54) is 46.9 Å². The average molecular weight is 293 g/mol. The van der Waals surface area contributed by atoms with E-state index in [0.29, 0.717) is 0 Å². The Bertz CT molecular complexity index is 538. The number of aryl methyl sites for hydroxylation is 1. The lowest BCUT2D eigenvalue weighted by atomic mass is 10.1. The highest BCUT2D eigenvalue weighted by Crippen LogP contribution is 2.29. The number of fused-ring (bicyclic) bond motifs is 1. The monoisotopic (exact) mass is 292 g/mol. The van der Waals surface area contributed by atoms with Crippen LogP contribution >= 0.6 is 15.9 Å². The molecule has 0 amide bonds. The van der Waals surface area contributed by atoms with Crippen molar-refractivity contribution in [3.63, 3.8) is 0 Å². The summed E-state index contributed by atoms with van der Waals surface area (Å²) in [7, 11) is 2.13. The predicted octanol–water partition coefficient (Wildman–Crippen LogP) is 3.54. The van der Waals surface area contributed by atoms with Gasteiger partial charge in [0.15, 0.2) is 0 Å². The van der Waals surface area contributed by atoms with Crippen LogP contribution in [0.5, 0.6) is 0 Å². The molecule has 2 heterocycles. The number of rotatable bonds is 2. The Kier molecular flexibility index (Phi) is 2.97. The summed E-state index contributed by atoms with van der Waals surface area (Å²) in [5.41, 5.74) is 2.76. The van der Waals surface area contributed by atoms with Crippen molar-refractivity contribution in [2.45, 2.75) is 19.4 Å². The van der Waals surface area contributed by atoms with E-state index in [4.69, 9.17) is 0 Å². The zero-order valence-corrected chi connectivity index (χ0v) is 11.7. The molecule has 90 valence electrons. The molecule has 1 fully saturated rings. The summed E-state index contributed by atoms with van der Waals surface area (Å²) in [5, 5.41) is 1.38. The number of likely N-dealkylation sites (tertiary alicyclic amines) is 1. The smallest absolute Gasteiger partial charge is 0.0492 e. The average Bonchev–Trinajstić information content (AvgIpc) is 2.90. The third kappa shape index (κ3) is 2.02. The van der Waals surface area contributed by atoms with Gasteiger partial charge in [0.05, 0.1) is 0 Å². The summed E-state index contributed by atoms with van der Waals surface area (Å²) >= 11 is 3.68. The second kappa shape index (κ2) is 4.46. The first kappa shape index (κ1) is 11.3. The number of nitrogens with zero attached hydrogens (tertiary/aromatic N) is 2. The van der Waals surface area contributed by atoms with Crippen LogP contribution in [0.1, 0.15) is 18.4 Å². The first-order chi connectivity index (χ1) is 8.25. The van der Waals surface area contributed by atoms with Crippen LogP contribution in [0.2, 0.25) is 0 Å². The van der Waals surface area contributed by atoms with Crippen LogP contribution in [-0.4, -0.2) is 22.6 Å². The second-order valence-electron chi connectivity index (χ2n) is 4.88. The lowest BCUT2D eigenvalue weighted by Gasteiger charge is -2.13. The Morgan fingerprint density at radius 2 is 2.00 bits per heavy atom. The van der Waals surface area contributed by atoms with Crippen LogP contribution in [0.25, 0.3) is 10.9 Å². The Morgan fingerprint density at radius 1 is 1.24 bits per heavy atom. The molecule has 1 saturated heterocycles. The molecule has 1 aromatic carbocycles. The standard InChI is InChI=1S/C14H17BrN2/c1-16-9-11(10-17-7-2-3-8-17)14-12(15)5-4-6-13(14)16/h4-6,9H,2-3,7-8,10H2,1H3. The first-order valence-corrected chi connectivity index (χ1v) is 7.00. The van der Waals surface area contributed by atoms with Crippen LogP contribution in [0.4, 0.5) is 0 Å². The van der Waals surface area contributed by atoms with Gasteiger partial charge in [0.2, 0.25) is 0 Å². The Balaban J connectivity index is 2.03. The topological polar surface area (TPSA) is 8.17 Å². The molecule has 0 saturated carbocycles. The second-order valence-corrected chi connectivity index (χ2v) is 5.74. The molecule has 2 aromatic rings. The van der Waals surface area contributed by atoms with Crippen molar-refractivity contribution in [3.05, 3.63) is 34.4 Å². The number of hydrogen-bond donors (Lipinski definition) is 0. The van der Waals surface area contributed by atoms with Crippen molar-refractivity contribution in [1.29, 1.82) is 0 Å². The van der Waals surface area contributed by atoms with Gasteiger partial charge in [-0.2, -0.15) is 0 Å². The molecular weight excluding hydrogens is 276 g/mol. The fourth-order valence-electron chi connectivity index (χ4n) is 2.79. The van der Waals surface area contributed by atoms with Gasteiger partial charge in [-0.1, -0.05) is 22.0 Å². The van der Waals surface area contributed by atoms with E-state index >= 15 is 0 Å². The first-order valence-electron chi connectivity index (χ1n) is 6.20. The van der Waals surface area contributed by atoms with Crippen LogP contribution in [0.3, 0.4) is 0 Å². The maximum absolute atomic E-state index is 3.68. The van der Waals surface area contributed by atoms with Crippen LogP contribution in [-0.2, 0) is 13.6 Å². The summed E-state index contributed by atoms with van der Waals surface area (Å²) in [6.45, 7) is 3.58. The summed E-state index contributed by atoms with van der Waals surface area (Å²) in [6, 6.07) is 6.43. The summed E-state index contributed by atoms with van der Waals surface area (Å²) < 4.78 is 3.44. The predicted molar refractivity (Wildman–Crippen MR) is 75.1 cm³/mol. The molecule has 0 bridgehead atoms. The molecule has 0 unspecified atom stereocenters. The third-order valence-corrected chi connectivity index (χ3v) is 4.30. The van der Waals surface area contributed by atoms with E-state index in [0.717, 1.165) is 6.54 Å². The van der Waals surface area contributed by atoms with Gasteiger partial charge < -0.3 is 4.57 Å². The van der Waals surface area contributed by atoms with Crippen LogP contribution in [0.15, 0.2) is 28.9 Å². The number of halogens is 1. The van der Waals surface area contributed by atoms with E-state index in [-0.39, 0.29) is 0 Å². The zero-order chi connectivity index (χ0) is 11.8. The molecule has 1 aliphatic rings. The van der Waals surface area contributed by atoms with Crippen molar-refractivity contribution in [3.8, 4) is 0 Å². The fraction of sp³-hybridized carbons (Fsp3) is 0.429. The molecule has 17 heavy (non-hydrogen) atoms. The molecule has 0 aliphatic carbocycles. The molecule has 3 heteroatoms. The van der Waals surface area contributed by atoms with Crippen molar-refractivity contribution in [1.82, 2.24) is 9.47 Å². The van der Waals surface area contributed by atoms with Gasteiger partial charge in [-0.3, -0.25) is 4.90 Å². The lowest BCUT2D eigenvalue weighted by Crippen LogP contribution is -2.18. The van der Waals surface area contributed by atoms with E-state index in [1.54, 1.807) is 0 Å². The number of hydrogen-bond acceptors (Lipinski definition) is 1. The molecule has 1 aliphatic heterocycles. The highest BCUT2D eigenvalue weighted by Gasteiger charge is 2.15. The maximum Gasteiger partial charge on any atom is 0.0492 e. The van der Waals surface area contributed by atoms with Crippen molar-refractivity contribution in [2.75, 3.05) is 13.1 Å². The van der Waals surface area contributed by atoms with Gasteiger partial charge >= 0.3 is 0 Å². The van der Waals surface area contributed by atoms with Crippen LogP contribution < -0.4 is 0 Å². The Morgan fingerprint density at radius 3 is 2.76 bits per heavy atom. The molecule has 2 nitrogen and oxygen atoms in total. The van der Waals surface area contributed by atoms with E-state index in [1.807, 2.05) is 0 Å². The third-order valence-electron chi connectivity index (χ3n) is 3.63. The zero-order valence-electron chi connectivity index (χ0n) is 10.1. The normalized spacial score (nSPS) is 17.1. The molecule has 0 N–H and O–H groups in total. The number of aromatic nitrogens is 1. The molecule has 3 rings (SSSR count). The molecule has 0 spiro atoms. The molecular formula is C14H17BrN2. The van der Waals surface area contributed by atoms with E-state index in [2.05, 4.69) is 56.8 Å². The van der Waals surface area contributed by atoms with E-state index in [9.17, 15) is 0 Å². The Hall–Kier alpha value is -0.800. The van der Waals surface area contributed by atoms with Crippen LogP contribution in [0, 0.1) is 0 Å². The van der Waals surface area contributed by atoms with Gasteiger partial charge in [-0.15, -0.1) is 0 Å². The highest BCUT2D eigenvalue weighted by molar-refractivity contribution is 9.10. The summed E-state index contributed by atoms with van der Waals surface area (Å²) in [4.78, 5) is 2.55. The minimum Gasteiger partial charge on any atom is -0.350 e. The van der Waals surface area contributed by atoms with Gasteiger partial charge in [0.25, 0.3) is 0 Å². The van der Waals surface area contributed by atoms with E-state index < -0.39 is 0 Å². The van der Waals surface area contributed by atoms with Crippen molar-refractivity contribution < 1.29 is 0 Å².